The average Bonchev–Trinajstić information content (AvgIpc) is 3.12. The molecule has 4 aromatic rings. The zero-order chi connectivity index (χ0) is 21.7. The van der Waals surface area contributed by atoms with Crippen LogP contribution in [0.15, 0.2) is 48.8 Å². The lowest BCUT2D eigenvalue weighted by atomic mass is 10.3. The van der Waals surface area contributed by atoms with Crippen molar-refractivity contribution in [3.8, 4) is 0 Å². The number of anilines is 4. The van der Waals surface area contributed by atoms with Gasteiger partial charge in [-0.05, 0) is 36.4 Å². The first-order chi connectivity index (χ1) is 14.3. The number of pyridine rings is 1. The number of aromatic amines is 1. The predicted molar refractivity (Wildman–Crippen MR) is 113 cm³/mol. The normalized spacial score (nSPS) is 10.6. The highest BCUT2D eigenvalue weighted by Gasteiger charge is 2.15. The first-order valence-electron chi connectivity index (χ1n) is 8.31. The van der Waals surface area contributed by atoms with E-state index in [0.717, 1.165) is 11.9 Å². The molecule has 0 amide bonds. The third-order valence-electron chi connectivity index (χ3n) is 3.77. The SMILES string of the molecule is CN(c1ccnc(Nc2ccc(Cl)cc2)n1)c1n[nH]c2ncc(F)cc12.N[SH](=O)=O. The van der Waals surface area contributed by atoms with Crippen molar-refractivity contribution in [2.24, 2.45) is 5.14 Å². The average molecular weight is 451 g/mol. The summed E-state index contributed by atoms with van der Waals surface area (Å²) >= 11 is 5.89. The molecule has 0 bridgehead atoms. The molecule has 4 rings (SSSR count). The molecular formula is C17H16ClFN8O2S. The summed E-state index contributed by atoms with van der Waals surface area (Å²) in [5.41, 5.74) is 1.31. The molecule has 0 atom stereocenters. The lowest BCUT2D eigenvalue weighted by Crippen LogP contribution is -2.13. The number of nitrogens with one attached hydrogen (secondary N) is 2. The molecule has 0 radical (unpaired) electrons. The quantitative estimate of drug-likeness (QED) is 0.347. The lowest BCUT2D eigenvalue weighted by Gasteiger charge is -2.16. The molecule has 0 saturated carbocycles. The molecule has 0 aliphatic rings. The van der Waals surface area contributed by atoms with Gasteiger partial charge < -0.3 is 10.2 Å². The van der Waals surface area contributed by atoms with Gasteiger partial charge in [-0.25, -0.2) is 27.9 Å². The van der Waals surface area contributed by atoms with Gasteiger partial charge in [-0.3, -0.25) is 5.10 Å². The van der Waals surface area contributed by atoms with Crippen molar-refractivity contribution in [3.05, 3.63) is 59.6 Å². The Hall–Kier alpha value is -3.35. The van der Waals surface area contributed by atoms with Gasteiger partial charge in [0.15, 0.2) is 22.4 Å². The molecule has 10 nitrogen and oxygen atoms in total. The second kappa shape index (κ2) is 9.43. The molecule has 0 aliphatic heterocycles. The standard InChI is InChI=1S/C17H13ClFN7.H3NO2S/c1-26(16-13-8-11(19)9-21-15(13)24-25-16)14-6-7-20-17(23-14)22-12-4-2-10(18)3-5-12;1-4(2)3/h2-9H,1H3,(H,20,22,23)(H,21,24,25);4H,(H2,1,2,3). The molecule has 156 valence electrons. The fourth-order valence-corrected chi connectivity index (χ4v) is 2.61. The monoisotopic (exact) mass is 450 g/mol. The molecule has 0 fully saturated rings. The Morgan fingerprint density at radius 3 is 2.60 bits per heavy atom. The Labute approximate surface area is 177 Å². The molecular weight excluding hydrogens is 435 g/mol. The van der Waals surface area contributed by atoms with E-state index in [1.807, 2.05) is 12.1 Å². The van der Waals surface area contributed by atoms with E-state index < -0.39 is 16.7 Å². The summed E-state index contributed by atoms with van der Waals surface area (Å²) in [6.07, 6.45) is 2.77. The zero-order valence-electron chi connectivity index (χ0n) is 15.5. The zero-order valence-corrected chi connectivity index (χ0v) is 17.1. The van der Waals surface area contributed by atoms with Crippen molar-refractivity contribution in [1.82, 2.24) is 25.1 Å². The van der Waals surface area contributed by atoms with Crippen LogP contribution in [0.2, 0.25) is 5.02 Å². The highest BCUT2D eigenvalue weighted by Crippen LogP contribution is 2.28. The largest absolute Gasteiger partial charge is 0.324 e. The Balaban J connectivity index is 0.000000589. The Bertz CT molecular complexity index is 1220. The third-order valence-corrected chi connectivity index (χ3v) is 4.02. The number of nitrogens with two attached hydrogens (primary N) is 1. The first kappa shape index (κ1) is 21.4. The number of fused-ring (bicyclic) bond motifs is 1. The fraction of sp³-hybridized carbons (Fsp3) is 0.0588. The number of aromatic nitrogens is 5. The number of benzene rings is 1. The number of H-pyrrole nitrogens is 1. The van der Waals surface area contributed by atoms with Crippen LogP contribution in [0.25, 0.3) is 11.0 Å². The highest BCUT2D eigenvalue weighted by atomic mass is 35.5. The number of hydrogen-bond acceptors (Lipinski definition) is 8. The van der Waals surface area contributed by atoms with Crippen molar-refractivity contribution in [2.75, 3.05) is 17.3 Å². The van der Waals surface area contributed by atoms with Gasteiger partial charge in [-0.2, -0.15) is 10.1 Å². The van der Waals surface area contributed by atoms with E-state index in [0.29, 0.717) is 33.6 Å². The van der Waals surface area contributed by atoms with E-state index in [1.165, 1.54) is 6.07 Å². The van der Waals surface area contributed by atoms with Crippen LogP contribution in [-0.2, 0) is 10.9 Å². The molecule has 0 unspecified atom stereocenters. The number of thiol groups is 1. The summed E-state index contributed by atoms with van der Waals surface area (Å²) in [6.45, 7) is 0. The maximum atomic E-state index is 13.5. The maximum absolute atomic E-state index is 13.5. The molecule has 3 aromatic heterocycles. The lowest BCUT2D eigenvalue weighted by molar-refractivity contribution is 0.616. The number of halogens is 2. The molecule has 3 heterocycles. The van der Waals surface area contributed by atoms with Crippen molar-refractivity contribution < 1.29 is 12.8 Å². The molecule has 0 aliphatic carbocycles. The van der Waals surface area contributed by atoms with Gasteiger partial charge in [0.25, 0.3) is 0 Å². The highest BCUT2D eigenvalue weighted by molar-refractivity contribution is 7.69. The van der Waals surface area contributed by atoms with Crippen molar-refractivity contribution in [2.45, 2.75) is 0 Å². The van der Waals surface area contributed by atoms with Gasteiger partial charge in [0.2, 0.25) is 5.95 Å². The number of rotatable bonds is 4. The Morgan fingerprint density at radius 1 is 1.20 bits per heavy atom. The van der Waals surface area contributed by atoms with E-state index in [9.17, 15) is 4.39 Å². The van der Waals surface area contributed by atoms with Crippen LogP contribution in [-0.4, -0.2) is 40.6 Å². The second-order valence-electron chi connectivity index (χ2n) is 5.81. The molecule has 4 N–H and O–H groups in total. The van der Waals surface area contributed by atoms with Crippen LogP contribution >= 0.6 is 11.6 Å². The summed E-state index contributed by atoms with van der Waals surface area (Å²) in [5, 5.41) is 15.4. The van der Waals surface area contributed by atoms with E-state index in [1.54, 1.807) is 36.3 Å². The van der Waals surface area contributed by atoms with E-state index >= 15 is 0 Å². The van der Waals surface area contributed by atoms with Crippen LogP contribution in [0.4, 0.5) is 27.7 Å². The van der Waals surface area contributed by atoms with Crippen LogP contribution in [0.1, 0.15) is 0 Å². The molecule has 13 heteroatoms. The topological polar surface area (TPSA) is 143 Å². The Kier molecular flexibility index (Phi) is 6.72. The van der Waals surface area contributed by atoms with Crippen molar-refractivity contribution >= 4 is 56.8 Å². The van der Waals surface area contributed by atoms with Gasteiger partial charge in [0.1, 0.15) is 11.6 Å². The minimum absolute atomic E-state index is 0.417. The van der Waals surface area contributed by atoms with Crippen molar-refractivity contribution in [1.29, 1.82) is 0 Å². The third kappa shape index (κ3) is 5.37. The van der Waals surface area contributed by atoms with Crippen LogP contribution in [0, 0.1) is 5.82 Å². The van der Waals surface area contributed by atoms with E-state index in [2.05, 4.69) is 35.6 Å². The van der Waals surface area contributed by atoms with Gasteiger partial charge in [0.05, 0.1) is 11.6 Å². The second-order valence-corrected chi connectivity index (χ2v) is 6.82. The fourth-order valence-electron chi connectivity index (χ4n) is 2.49. The maximum Gasteiger partial charge on any atom is 0.229 e. The van der Waals surface area contributed by atoms with Gasteiger partial charge >= 0.3 is 0 Å². The Morgan fingerprint density at radius 2 is 1.90 bits per heavy atom. The molecule has 30 heavy (non-hydrogen) atoms. The summed E-state index contributed by atoms with van der Waals surface area (Å²) in [7, 11) is -0.834. The first-order valence-corrected chi connectivity index (χ1v) is 9.94. The summed E-state index contributed by atoms with van der Waals surface area (Å²) in [6, 6.07) is 10.3. The van der Waals surface area contributed by atoms with Gasteiger partial charge in [-0.1, -0.05) is 11.6 Å². The van der Waals surface area contributed by atoms with Crippen molar-refractivity contribution in [3.63, 3.8) is 0 Å². The summed E-state index contributed by atoms with van der Waals surface area (Å²) < 4.78 is 31.2. The minimum atomic E-state index is -2.62. The van der Waals surface area contributed by atoms with Gasteiger partial charge in [-0.15, -0.1) is 0 Å². The molecule has 0 saturated heterocycles. The molecule has 0 spiro atoms. The smallest absolute Gasteiger partial charge is 0.229 e. The number of nitrogens with zero attached hydrogens (tertiary/aromatic N) is 5. The van der Waals surface area contributed by atoms with Crippen LogP contribution in [0.5, 0.6) is 0 Å². The van der Waals surface area contributed by atoms with Gasteiger partial charge in [0, 0.05) is 24.0 Å². The van der Waals surface area contributed by atoms with Crippen LogP contribution in [0.3, 0.4) is 0 Å². The van der Waals surface area contributed by atoms with E-state index in [4.69, 9.17) is 20.0 Å². The number of hydrogen-bond donors (Lipinski definition) is 4. The summed E-state index contributed by atoms with van der Waals surface area (Å²) in [4.78, 5) is 14.4. The summed E-state index contributed by atoms with van der Waals surface area (Å²) in [5.74, 6) is 1.10. The predicted octanol–water partition coefficient (Wildman–Crippen LogP) is 2.52. The minimum Gasteiger partial charge on any atom is -0.324 e. The van der Waals surface area contributed by atoms with E-state index in [-0.39, 0.29) is 0 Å². The van der Waals surface area contributed by atoms with Crippen LogP contribution < -0.4 is 15.4 Å². The molecule has 1 aromatic carbocycles.